The third-order valence-electron chi connectivity index (χ3n) is 3.60. The van der Waals surface area contributed by atoms with Gasteiger partial charge < -0.3 is 10.0 Å². The van der Waals surface area contributed by atoms with E-state index in [0.717, 1.165) is 12.1 Å². The number of nitrogens with zero attached hydrogens (tertiary/aromatic N) is 1. The molecule has 1 N–H and O–H groups in total. The van der Waals surface area contributed by atoms with E-state index in [-0.39, 0.29) is 6.10 Å². The first-order valence-corrected chi connectivity index (χ1v) is 7.69. The highest BCUT2D eigenvalue weighted by Gasteiger charge is 2.29. The Morgan fingerprint density at radius 2 is 2.00 bits per heavy atom. The number of aliphatic hydroxyl groups excluding tert-OH is 1. The molecule has 19 heavy (non-hydrogen) atoms. The van der Waals surface area contributed by atoms with Gasteiger partial charge in [-0.1, -0.05) is 18.2 Å². The first-order valence-electron chi connectivity index (χ1n) is 6.81. The summed E-state index contributed by atoms with van der Waals surface area (Å²) in [6.45, 7) is 2.80. The lowest BCUT2D eigenvalue weighted by atomic mass is 10.1. The predicted molar refractivity (Wildman–Crippen MR) is 80.6 cm³/mol. The van der Waals surface area contributed by atoms with E-state index in [1.807, 2.05) is 23.5 Å². The molecule has 0 unspecified atom stereocenters. The van der Waals surface area contributed by atoms with Gasteiger partial charge in [0.25, 0.3) is 0 Å². The summed E-state index contributed by atoms with van der Waals surface area (Å²) in [4.78, 5) is 3.89. The Morgan fingerprint density at radius 1 is 1.26 bits per heavy atom. The quantitative estimate of drug-likeness (QED) is 0.891. The van der Waals surface area contributed by atoms with Crippen LogP contribution in [-0.4, -0.2) is 11.1 Å². The topological polar surface area (TPSA) is 23.5 Å². The first kappa shape index (κ1) is 12.7. The van der Waals surface area contributed by atoms with Crippen LogP contribution in [0.5, 0.6) is 0 Å². The van der Waals surface area contributed by atoms with E-state index in [9.17, 15) is 5.11 Å². The summed E-state index contributed by atoms with van der Waals surface area (Å²) in [5.74, 6) is 0. The minimum atomic E-state index is -0.388. The molecule has 1 atom stereocenters. The van der Waals surface area contributed by atoms with Gasteiger partial charge in [-0.15, -0.1) is 11.3 Å². The van der Waals surface area contributed by atoms with E-state index in [1.165, 1.54) is 23.4 Å². The summed E-state index contributed by atoms with van der Waals surface area (Å²) in [5.41, 5.74) is 2.25. The van der Waals surface area contributed by atoms with Crippen molar-refractivity contribution in [2.75, 3.05) is 4.90 Å². The molecule has 0 spiro atoms. The van der Waals surface area contributed by atoms with Crippen molar-refractivity contribution in [1.29, 1.82) is 0 Å². The standard InChI is InChI=1S/C16H19NOS/c1-12(18)13-4-6-14(7-5-13)17(15-8-9-15)11-16-3-2-10-19-16/h2-7,10,12,15,18H,8-9,11H2,1H3/t12-/m1/s1. The second-order valence-electron chi connectivity index (χ2n) is 5.21. The zero-order chi connectivity index (χ0) is 13.2. The molecule has 3 rings (SSSR count). The summed E-state index contributed by atoms with van der Waals surface area (Å²) in [6.07, 6.45) is 2.20. The molecule has 1 aliphatic carbocycles. The number of rotatable bonds is 5. The zero-order valence-corrected chi connectivity index (χ0v) is 11.9. The Labute approximate surface area is 118 Å². The number of benzene rings is 1. The molecule has 100 valence electrons. The fourth-order valence-corrected chi connectivity index (χ4v) is 3.03. The number of aliphatic hydroxyl groups is 1. The largest absolute Gasteiger partial charge is 0.389 e. The Balaban J connectivity index is 1.79. The van der Waals surface area contributed by atoms with Crippen LogP contribution >= 0.6 is 11.3 Å². The lowest BCUT2D eigenvalue weighted by Gasteiger charge is -2.24. The number of thiophene rings is 1. The normalized spacial score (nSPS) is 16.3. The molecule has 0 radical (unpaired) electrons. The Kier molecular flexibility index (Phi) is 3.58. The van der Waals surface area contributed by atoms with Gasteiger partial charge in [0.2, 0.25) is 0 Å². The Morgan fingerprint density at radius 3 is 2.53 bits per heavy atom. The summed E-state index contributed by atoms with van der Waals surface area (Å²) < 4.78 is 0. The van der Waals surface area contributed by atoms with Crippen molar-refractivity contribution in [3.05, 3.63) is 52.2 Å². The summed E-state index contributed by atoms with van der Waals surface area (Å²) in [6, 6.07) is 13.3. The van der Waals surface area contributed by atoms with Crippen molar-refractivity contribution in [2.45, 2.75) is 38.5 Å². The number of anilines is 1. The lowest BCUT2D eigenvalue weighted by Crippen LogP contribution is -2.24. The van der Waals surface area contributed by atoms with Gasteiger partial charge in [-0.3, -0.25) is 0 Å². The van der Waals surface area contributed by atoms with Crippen molar-refractivity contribution in [3.8, 4) is 0 Å². The molecule has 0 amide bonds. The molecule has 1 heterocycles. The van der Waals surface area contributed by atoms with Gasteiger partial charge >= 0.3 is 0 Å². The highest BCUT2D eigenvalue weighted by molar-refractivity contribution is 7.09. The van der Waals surface area contributed by atoms with Gasteiger partial charge in [0.15, 0.2) is 0 Å². The predicted octanol–water partition coefficient (Wildman–Crippen LogP) is 3.97. The van der Waals surface area contributed by atoms with E-state index in [0.29, 0.717) is 6.04 Å². The van der Waals surface area contributed by atoms with E-state index in [2.05, 4.69) is 34.5 Å². The van der Waals surface area contributed by atoms with Crippen LogP contribution in [0.2, 0.25) is 0 Å². The summed E-state index contributed by atoms with van der Waals surface area (Å²) in [7, 11) is 0. The third-order valence-corrected chi connectivity index (χ3v) is 4.46. The fourth-order valence-electron chi connectivity index (χ4n) is 2.33. The summed E-state index contributed by atoms with van der Waals surface area (Å²) in [5, 5.41) is 11.7. The van der Waals surface area contributed by atoms with Crippen molar-refractivity contribution in [2.24, 2.45) is 0 Å². The monoisotopic (exact) mass is 273 g/mol. The van der Waals surface area contributed by atoms with Crippen LogP contribution < -0.4 is 4.90 Å². The van der Waals surface area contributed by atoms with E-state index in [4.69, 9.17) is 0 Å². The summed E-state index contributed by atoms with van der Waals surface area (Å²) >= 11 is 1.82. The fraction of sp³-hybridized carbons (Fsp3) is 0.375. The number of hydrogen-bond acceptors (Lipinski definition) is 3. The smallest absolute Gasteiger partial charge is 0.0761 e. The van der Waals surface area contributed by atoms with Crippen LogP contribution in [0.25, 0.3) is 0 Å². The minimum absolute atomic E-state index is 0.388. The van der Waals surface area contributed by atoms with Gasteiger partial charge in [-0.25, -0.2) is 0 Å². The first-order chi connectivity index (χ1) is 9.24. The molecule has 1 aromatic carbocycles. The molecule has 3 heteroatoms. The third kappa shape index (κ3) is 2.99. The van der Waals surface area contributed by atoms with Crippen LogP contribution in [0.15, 0.2) is 41.8 Å². The lowest BCUT2D eigenvalue weighted by molar-refractivity contribution is 0.199. The average Bonchev–Trinajstić information content (AvgIpc) is 3.13. The Hall–Kier alpha value is -1.32. The molecule has 0 aliphatic heterocycles. The van der Waals surface area contributed by atoms with Gasteiger partial charge in [0.05, 0.1) is 12.6 Å². The minimum Gasteiger partial charge on any atom is -0.389 e. The van der Waals surface area contributed by atoms with E-state index >= 15 is 0 Å². The van der Waals surface area contributed by atoms with Gasteiger partial charge in [0, 0.05) is 16.6 Å². The van der Waals surface area contributed by atoms with E-state index in [1.54, 1.807) is 6.92 Å². The molecule has 0 bridgehead atoms. The highest BCUT2D eigenvalue weighted by Crippen LogP contribution is 2.34. The highest BCUT2D eigenvalue weighted by atomic mass is 32.1. The molecule has 2 aromatic rings. The second kappa shape index (κ2) is 5.35. The molecule has 1 fully saturated rings. The molecule has 1 aliphatic rings. The van der Waals surface area contributed by atoms with Crippen molar-refractivity contribution in [1.82, 2.24) is 0 Å². The van der Waals surface area contributed by atoms with Crippen LogP contribution in [0.3, 0.4) is 0 Å². The molecule has 1 aromatic heterocycles. The molecular weight excluding hydrogens is 254 g/mol. The zero-order valence-electron chi connectivity index (χ0n) is 11.1. The van der Waals surface area contributed by atoms with Crippen LogP contribution in [0.4, 0.5) is 5.69 Å². The van der Waals surface area contributed by atoms with Crippen molar-refractivity contribution >= 4 is 17.0 Å². The molecule has 0 saturated heterocycles. The maximum Gasteiger partial charge on any atom is 0.0761 e. The van der Waals surface area contributed by atoms with Crippen LogP contribution in [-0.2, 0) is 6.54 Å². The average molecular weight is 273 g/mol. The van der Waals surface area contributed by atoms with Gasteiger partial charge in [-0.05, 0) is 48.9 Å². The van der Waals surface area contributed by atoms with Gasteiger partial charge in [0.1, 0.15) is 0 Å². The van der Waals surface area contributed by atoms with Crippen LogP contribution in [0.1, 0.15) is 36.3 Å². The van der Waals surface area contributed by atoms with Crippen LogP contribution in [0, 0.1) is 0 Å². The molecule has 1 saturated carbocycles. The maximum absolute atomic E-state index is 9.57. The van der Waals surface area contributed by atoms with Gasteiger partial charge in [-0.2, -0.15) is 0 Å². The Bertz CT molecular complexity index is 514. The number of hydrogen-bond donors (Lipinski definition) is 1. The SMILES string of the molecule is C[C@@H](O)c1ccc(N(Cc2cccs2)C2CC2)cc1. The van der Waals surface area contributed by atoms with Crippen molar-refractivity contribution < 1.29 is 5.11 Å². The molecular formula is C16H19NOS. The van der Waals surface area contributed by atoms with Crippen molar-refractivity contribution in [3.63, 3.8) is 0 Å². The second-order valence-corrected chi connectivity index (χ2v) is 6.24. The van der Waals surface area contributed by atoms with E-state index < -0.39 is 0 Å². The molecule has 2 nitrogen and oxygen atoms in total. The maximum atomic E-state index is 9.57.